The number of hydrogen-bond donors (Lipinski definition) is 0. The van der Waals surface area contributed by atoms with Gasteiger partial charge in [-0.3, -0.25) is 4.98 Å². The number of para-hydroxylation sites is 1. The Labute approximate surface area is 136 Å². The Hall–Kier alpha value is -2.36. The minimum Gasteiger partial charge on any atom is -0.370 e. The standard InChI is InChI=1S/C19H22N4/c1-14-12-18(16-7-3-4-8-17(16)21-14)23-10-5-6-15(13-23)19-20-9-11-22(19)2/h3-4,7-9,11-12,15H,5-6,10,13H2,1-2H3/t15-/m1/s1. The van der Waals surface area contributed by atoms with Gasteiger partial charge in [0.1, 0.15) is 5.82 Å². The Morgan fingerprint density at radius 3 is 2.91 bits per heavy atom. The number of nitrogens with zero attached hydrogens (tertiary/aromatic N) is 4. The Balaban J connectivity index is 1.72. The third-order valence-corrected chi connectivity index (χ3v) is 4.81. The molecule has 1 atom stereocenters. The van der Waals surface area contributed by atoms with Crippen molar-refractivity contribution >= 4 is 16.6 Å². The van der Waals surface area contributed by atoms with E-state index in [1.807, 2.05) is 12.4 Å². The van der Waals surface area contributed by atoms with Crippen LogP contribution in [0.5, 0.6) is 0 Å². The molecule has 4 nitrogen and oxygen atoms in total. The van der Waals surface area contributed by atoms with E-state index in [0.29, 0.717) is 5.92 Å². The summed E-state index contributed by atoms with van der Waals surface area (Å²) in [6, 6.07) is 10.7. The highest BCUT2D eigenvalue weighted by Crippen LogP contribution is 2.33. The SMILES string of the molecule is Cc1cc(N2CCC[C@@H](c3nccn3C)C2)c2ccccc2n1. The number of benzene rings is 1. The molecule has 0 unspecified atom stereocenters. The van der Waals surface area contributed by atoms with E-state index in [1.165, 1.54) is 29.7 Å². The lowest BCUT2D eigenvalue weighted by Crippen LogP contribution is -2.35. The van der Waals surface area contributed by atoms with E-state index in [0.717, 1.165) is 24.3 Å². The molecule has 3 heterocycles. The zero-order valence-electron chi connectivity index (χ0n) is 13.7. The molecule has 1 aromatic carbocycles. The number of hydrogen-bond acceptors (Lipinski definition) is 3. The number of fused-ring (bicyclic) bond motifs is 1. The summed E-state index contributed by atoms with van der Waals surface area (Å²) in [7, 11) is 2.09. The first-order valence-corrected chi connectivity index (χ1v) is 8.31. The molecule has 2 aromatic heterocycles. The zero-order chi connectivity index (χ0) is 15.8. The van der Waals surface area contributed by atoms with Crippen LogP contribution in [0.1, 0.15) is 30.3 Å². The van der Waals surface area contributed by atoms with Crippen molar-refractivity contribution in [2.45, 2.75) is 25.7 Å². The van der Waals surface area contributed by atoms with Crippen molar-refractivity contribution in [3.05, 3.63) is 54.2 Å². The van der Waals surface area contributed by atoms with Crippen LogP contribution in [0.3, 0.4) is 0 Å². The molecule has 1 saturated heterocycles. The first kappa shape index (κ1) is 14.2. The van der Waals surface area contributed by atoms with Gasteiger partial charge in [0.2, 0.25) is 0 Å². The van der Waals surface area contributed by atoms with E-state index in [1.54, 1.807) is 0 Å². The highest BCUT2D eigenvalue weighted by molar-refractivity contribution is 5.92. The van der Waals surface area contributed by atoms with Crippen molar-refractivity contribution < 1.29 is 0 Å². The summed E-state index contributed by atoms with van der Waals surface area (Å²) in [5.74, 6) is 1.70. The molecule has 0 aliphatic carbocycles. The molecule has 0 radical (unpaired) electrons. The van der Waals surface area contributed by atoms with Crippen molar-refractivity contribution in [1.29, 1.82) is 0 Å². The third kappa shape index (κ3) is 2.58. The van der Waals surface area contributed by atoms with Crippen molar-refractivity contribution in [1.82, 2.24) is 14.5 Å². The number of rotatable bonds is 2. The van der Waals surface area contributed by atoms with Crippen molar-refractivity contribution in [2.75, 3.05) is 18.0 Å². The summed E-state index contributed by atoms with van der Waals surface area (Å²) in [4.78, 5) is 11.8. The van der Waals surface area contributed by atoms with Gasteiger partial charge in [0, 0.05) is 55.2 Å². The van der Waals surface area contributed by atoms with E-state index in [9.17, 15) is 0 Å². The van der Waals surface area contributed by atoms with Crippen LogP contribution in [0.2, 0.25) is 0 Å². The Morgan fingerprint density at radius 2 is 2.09 bits per heavy atom. The van der Waals surface area contributed by atoms with Crippen LogP contribution >= 0.6 is 0 Å². The van der Waals surface area contributed by atoms with E-state index >= 15 is 0 Å². The fraction of sp³-hybridized carbons (Fsp3) is 0.368. The van der Waals surface area contributed by atoms with Crippen molar-refractivity contribution in [3.8, 4) is 0 Å². The van der Waals surface area contributed by atoms with Gasteiger partial charge < -0.3 is 9.47 Å². The average molecular weight is 306 g/mol. The van der Waals surface area contributed by atoms with Crippen LogP contribution in [-0.4, -0.2) is 27.6 Å². The second-order valence-corrected chi connectivity index (χ2v) is 6.48. The number of aryl methyl sites for hydroxylation is 2. The fourth-order valence-corrected chi connectivity index (χ4v) is 3.72. The molecule has 23 heavy (non-hydrogen) atoms. The molecular formula is C19H22N4. The summed E-state index contributed by atoms with van der Waals surface area (Å²) in [5, 5.41) is 1.25. The number of aromatic nitrogens is 3. The van der Waals surface area contributed by atoms with Crippen molar-refractivity contribution in [3.63, 3.8) is 0 Å². The largest absolute Gasteiger partial charge is 0.370 e. The van der Waals surface area contributed by atoms with Gasteiger partial charge in [-0.25, -0.2) is 4.98 Å². The van der Waals surface area contributed by atoms with Gasteiger partial charge in [0.15, 0.2) is 0 Å². The minimum atomic E-state index is 0.496. The van der Waals surface area contributed by atoms with Crippen LogP contribution in [0.25, 0.3) is 10.9 Å². The van der Waals surface area contributed by atoms with Gasteiger partial charge in [-0.2, -0.15) is 0 Å². The monoisotopic (exact) mass is 306 g/mol. The number of piperidine rings is 1. The maximum Gasteiger partial charge on any atom is 0.113 e. The van der Waals surface area contributed by atoms with E-state index in [-0.39, 0.29) is 0 Å². The molecular weight excluding hydrogens is 284 g/mol. The summed E-state index contributed by atoms with van der Waals surface area (Å²) in [5.41, 5.74) is 3.48. The van der Waals surface area contributed by atoms with Gasteiger partial charge in [-0.1, -0.05) is 18.2 Å². The maximum atomic E-state index is 4.67. The summed E-state index contributed by atoms with van der Waals surface area (Å²) in [6.45, 7) is 4.21. The summed E-state index contributed by atoms with van der Waals surface area (Å²) < 4.78 is 2.16. The molecule has 3 aromatic rings. The van der Waals surface area contributed by atoms with Crippen LogP contribution in [-0.2, 0) is 7.05 Å². The average Bonchev–Trinajstić information content (AvgIpc) is 3.00. The molecule has 1 fully saturated rings. The van der Waals surface area contributed by atoms with Crippen LogP contribution < -0.4 is 4.90 Å². The molecule has 0 amide bonds. The molecule has 4 rings (SSSR count). The van der Waals surface area contributed by atoms with Crippen LogP contribution in [0, 0.1) is 6.92 Å². The highest BCUT2D eigenvalue weighted by Gasteiger charge is 2.25. The molecule has 0 N–H and O–H groups in total. The van der Waals surface area contributed by atoms with E-state index < -0.39 is 0 Å². The lowest BCUT2D eigenvalue weighted by Gasteiger charge is -2.35. The molecule has 1 aliphatic rings. The predicted molar refractivity (Wildman–Crippen MR) is 93.9 cm³/mol. The molecule has 0 spiro atoms. The van der Waals surface area contributed by atoms with Gasteiger partial charge in [0.05, 0.1) is 5.52 Å². The van der Waals surface area contributed by atoms with Crippen molar-refractivity contribution in [2.24, 2.45) is 7.05 Å². The lowest BCUT2D eigenvalue weighted by atomic mass is 9.96. The van der Waals surface area contributed by atoms with Crippen LogP contribution in [0.4, 0.5) is 5.69 Å². The Kier molecular flexibility index (Phi) is 3.52. The first-order chi connectivity index (χ1) is 11.2. The van der Waals surface area contributed by atoms with E-state index in [4.69, 9.17) is 0 Å². The third-order valence-electron chi connectivity index (χ3n) is 4.81. The molecule has 0 bridgehead atoms. The van der Waals surface area contributed by atoms with E-state index in [2.05, 4.69) is 63.7 Å². The molecule has 1 aliphatic heterocycles. The highest BCUT2D eigenvalue weighted by atomic mass is 15.2. The minimum absolute atomic E-state index is 0.496. The fourth-order valence-electron chi connectivity index (χ4n) is 3.72. The molecule has 4 heteroatoms. The predicted octanol–water partition coefficient (Wildman–Crippen LogP) is 3.66. The number of imidazole rings is 1. The number of anilines is 1. The maximum absolute atomic E-state index is 4.67. The van der Waals surface area contributed by atoms with Gasteiger partial charge in [0.25, 0.3) is 0 Å². The Bertz CT molecular complexity index is 836. The molecule has 118 valence electrons. The summed E-state index contributed by atoms with van der Waals surface area (Å²) >= 11 is 0. The topological polar surface area (TPSA) is 34.0 Å². The normalized spacial score (nSPS) is 18.5. The summed E-state index contributed by atoms with van der Waals surface area (Å²) in [6.07, 6.45) is 6.36. The Morgan fingerprint density at radius 1 is 1.22 bits per heavy atom. The van der Waals surface area contributed by atoms with Crippen LogP contribution in [0.15, 0.2) is 42.7 Å². The van der Waals surface area contributed by atoms with Gasteiger partial charge in [-0.05, 0) is 31.9 Å². The number of pyridine rings is 1. The quantitative estimate of drug-likeness (QED) is 0.724. The molecule has 0 saturated carbocycles. The second kappa shape index (κ2) is 5.69. The zero-order valence-corrected chi connectivity index (χ0v) is 13.7. The second-order valence-electron chi connectivity index (χ2n) is 6.48. The lowest BCUT2D eigenvalue weighted by molar-refractivity contribution is 0.482. The van der Waals surface area contributed by atoms with Gasteiger partial charge >= 0.3 is 0 Å². The first-order valence-electron chi connectivity index (χ1n) is 8.31. The smallest absolute Gasteiger partial charge is 0.113 e. The van der Waals surface area contributed by atoms with Gasteiger partial charge in [-0.15, -0.1) is 0 Å².